The smallest absolute Gasteiger partial charge is 0.328 e. The summed E-state index contributed by atoms with van der Waals surface area (Å²) < 4.78 is 6.38. The van der Waals surface area contributed by atoms with Gasteiger partial charge in [-0.3, -0.25) is 14.3 Å². The second kappa shape index (κ2) is 5.46. The van der Waals surface area contributed by atoms with Gasteiger partial charge in [-0.2, -0.15) is 0 Å². The fraction of sp³-hybridized carbons (Fsp3) is 0.231. The molecule has 0 aliphatic rings. The highest BCUT2D eigenvalue weighted by atomic mass is 16.5. The molecule has 0 fully saturated rings. The number of aromatic amines is 1. The van der Waals surface area contributed by atoms with Crippen molar-refractivity contribution in [3.05, 3.63) is 68.5 Å². The first-order valence-electron chi connectivity index (χ1n) is 5.56. The van der Waals surface area contributed by atoms with Crippen molar-refractivity contribution in [1.82, 2.24) is 9.55 Å². The highest BCUT2D eigenvalue weighted by Crippen LogP contribution is 2.00. The molecule has 5 nitrogen and oxygen atoms in total. The van der Waals surface area contributed by atoms with Crippen molar-refractivity contribution in [2.24, 2.45) is 0 Å². The van der Waals surface area contributed by atoms with E-state index in [1.54, 1.807) is 0 Å². The molecule has 94 valence electrons. The molecule has 0 saturated carbocycles. The lowest BCUT2D eigenvalue weighted by atomic mass is 10.2. The van der Waals surface area contributed by atoms with Crippen molar-refractivity contribution in [1.29, 1.82) is 0 Å². The fourth-order valence-electron chi connectivity index (χ4n) is 1.71. The Morgan fingerprint density at radius 2 is 1.94 bits per heavy atom. The van der Waals surface area contributed by atoms with Crippen LogP contribution in [0.5, 0.6) is 0 Å². The Kier molecular flexibility index (Phi) is 3.74. The predicted octanol–water partition coefficient (Wildman–Crippen LogP) is 0.731. The summed E-state index contributed by atoms with van der Waals surface area (Å²) in [6.07, 6.45) is 1.54. The number of H-pyrrole nitrogens is 1. The van der Waals surface area contributed by atoms with Gasteiger partial charge in [-0.15, -0.1) is 0 Å². The van der Waals surface area contributed by atoms with E-state index in [-0.39, 0.29) is 6.61 Å². The number of methoxy groups -OCH3 is 1. The third kappa shape index (κ3) is 2.75. The number of benzene rings is 1. The first-order chi connectivity index (χ1) is 8.70. The number of hydrogen-bond donors (Lipinski definition) is 1. The van der Waals surface area contributed by atoms with Gasteiger partial charge in [0.2, 0.25) is 0 Å². The molecular weight excluding hydrogens is 232 g/mol. The van der Waals surface area contributed by atoms with Gasteiger partial charge in [0.1, 0.15) is 0 Å². The Hall–Kier alpha value is -2.14. The average Bonchev–Trinajstić information content (AvgIpc) is 2.37. The highest BCUT2D eigenvalue weighted by molar-refractivity contribution is 5.15. The van der Waals surface area contributed by atoms with Crippen molar-refractivity contribution >= 4 is 0 Å². The highest BCUT2D eigenvalue weighted by Gasteiger charge is 2.04. The summed E-state index contributed by atoms with van der Waals surface area (Å²) in [6.45, 7) is 0.609. The fourth-order valence-corrected chi connectivity index (χ4v) is 1.71. The van der Waals surface area contributed by atoms with Crippen LogP contribution in [0, 0.1) is 0 Å². The van der Waals surface area contributed by atoms with Crippen LogP contribution in [-0.2, 0) is 17.9 Å². The zero-order valence-electron chi connectivity index (χ0n) is 10.1. The molecule has 0 atom stereocenters. The zero-order chi connectivity index (χ0) is 13.0. The summed E-state index contributed by atoms with van der Waals surface area (Å²) in [4.78, 5) is 25.4. The second-order valence-corrected chi connectivity index (χ2v) is 3.96. The largest absolute Gasteiger partial charge is 0.380 e. The van der Waals surface area contributed by atoms with Gasteiger partial charge < -0.3 is 4.74 Å². The molecular formula is C13H14N2O3. The summed E-state index contributed by atoms with van der Waals surface area (Å²) in [5, 5.41) is 0. The van der Waals surface area contributed by atoms with Gasteiger partial charge in [-0.1, -0.05) is 30.3 Å². The van der Waals surface area contributed by atoms with Crippen molar-refractivity contribution in [2.75, 3.05) is 7.11 Å². The van der Waals surface area contributed by atoms with Crippen LogP contribution in [0.1, 0.15) is 11.1 Å². The second-order valence-electron chi connectivity index (χ2n) is 3.96. The van der Waals surface area contributed by atoms with Crippen molar-refractivity contribution in [3.8, 4) is 0 Å². The van der Waals surface area contributed by atoms with Crippen LogP contribution >= 0.6 is 0 Å². The molecule has 18 heavy (non-hydrogen) atoms. The minimum atomic E-state index is -0.413. The minimum absolute atomic E-state index is 0.185. The molecule has 2 rings (SSSR count). The predicted molar refractivity (Wildman–Crippen MR) is 67.6 cm³/mol. The van der Waals surface area contributed by atoms with Gasteiger partial charge in [0, 0.05) is 13.3 Å². The normalized spacial score (nSPS) is 10.5. The molecule has 0 bridgehead atoms. The van der Waals surface area contributed by atoms with Gasteiger partial charge in [0.05, 0.1) is 18.7 Å². The number of rotatable bonds is 4. The molecule has 1 heterocycles. The maximum atomic E-state index is 11.7. The Balaban J connectivity index is 2.36. The molecule has 0 amide bonds. The van der Waals surface area contributed by atoms with Crippen molar-refractivity contribution < 1.29 is 4.74 Å². The van der Waals surface area contributed by atoms with Crippen LogP contribution in [0.2, 0.25) is 0 Å². The molecule has 0 spiro atoms. The van der Waals surface area contributed by atoms with E-state index < -0.39 is 11.2 Å². The number of nitrogens with one attached hydrogen (secondary N) is 1. The SMILES string of the molecule is COCc1cn(Cc2ccccc2)c(=O)[nH]c1=O. The Bertz CT molecular complexity index is 629. The van der Waals surface area contributed by atoms with E-state index in [1.165, 1.54) is 17.9 Å². The number of hydrogen-bond acceptors (Lipinski definition) is 3. The van der Waals surface area contributed by atoms with E-state index in [2.05, 4.69) is 4.98 Å². The first-order valence-corrected chi connectivity index (χ1v) is 5.56. The third-order valence-electron chi connectivity index (χ3n) is 2.58. The summed E-state index contributed by atoms with van der Waals surface area (Å²) in [5.74, 6) is 0. The molecule has 0 saturated heterocycles. The number of aromatic nitrogens is 2. The van der Waals surface area contributed by atoms with Gasteiger partial charge in [0.25, 0.3) is 5.56 Å². The van der Waals surface area contributed by atoms with E-state index in [1.807, 2.05) is 30.3 Å². The summed E-state index contributed by atoms with van der Waals surface area (Å²) in [5.41, 5.74) is 0.623. The van der Waals surface area contributed by atoms with E-state index in [0.717, 1.165) is 5.56 Å². The summed E-state index contributed by atoms with van der Waals surface area (Å²) in [7, 11) is 1.51. The van der Waals surface area contributed by atoms with Crippen LogP contribution in [0.4, 0.5) is 0 Å². The zero-order valence-corrected chi connectivity index (χ0v) is 10.1. The molecule has 1 aromatic carbocycles. The van der Waals surface area contributed by atoms with Gasteiger partial charge in [-0.25, -0.2) is 4.79 Å². The third-order valence-corrected chi connectivity index (χ3v) is 2.58. The molecule has 0 radical (unpaired) electrons. The van der Waals surface area contributed by atoms with Crippen LogP contribution in [0.15, 0.2) is 46.1 Å². The Labute approximate surface area is 104 Å². The quantitative estimate of drug-likeness (QED) is 0.865. The summed E-state index contributed by atoms with van der Waals surface area (Å²) >= 11 is 0. The number of ether oxygens (including phenoxy) is 1. The molecule has 0 aliphatic heterocycles. The minimum Gasteiger partial charge on any atom is -0.380 e. The maximum Gasteiger partial charge on any atom is 0.328 e. The van der Waals surface area contributed by atoms with Gasteiger partial charge >= 0.3 is 5.69 Å². The van der Waals surface area contributed by atoms with Gasteiger partial charge in [0.15, 0.2) is 0 Å². The van der Waals surface area contributed by atoms with Crippen LogP contribution in [0.3, 0.4) is 0 Å². The lowest BCUT2D eigenvalue weighted by Gasteiger charge is -2.07. The molecule has 5 heteroatoms. The van der Waals surface area contributed by atoms with Crippen LogP contribution < -0.4 is 11.2 Å². The Morgan fingerprint density at radius 3 is 2.61 bits per heavy atom. The molecule has 1 aromatic heterocycles. The molecule has 2 aromatic rings. The number of nitrogens with zero attached hydrogens (tertiary/aromatic N) is 1. The summed E-state index contributed by atoms with van der Waals surface area (Å²) in [6, 6.07) is 9.57. The average molecular weight is 246 g/mol. The van der Waals surface area contributed by atoms with Crippen molar-refractivity contribution in [2.45, 2.75) is 13.2 Å². The monoisotopic (exact) mass is 246 g/mol. The van der Waals surface area contributed by atoms with Gasteiger partial charge in [-0.05, 0) is 5.56 Å². The molecule has 0 unspecified atom stereocenters. The first kappa shape index (κ1) is 12.3. The standard InChI is InChI=1S/C13H14N2O3/c1-18-9-11-8-15(13(17)14-12(11)16)7-10-5-3-2-4-6-10/h2-6,8H,7,9H2,1H3,(H,14,16,17). The van der Waals surface area contributed by atoms with E-state index >= 15 is 0 Å². The van der Waals surface area contributed by atoms with E-state index in [4.69, 9.17) is 4.74 Å². The topological polar surface area (TPSA) is 64.1 Å². The lowest BCUT2D eigenvalue weighted by molar-refractivity contribution is 0.183. The molecule has 0 aliphatic carbocycles. The molecule has 1 N–H and O–H groups in total. The lowest BCUT2D eigenvalue weighted by Crippen LogP contribution is -2.32. The Morgan fingerprint density at radius 1 is 1.22 bits per heavy atom. The van der Waals surface area contributed by atoms with Crippen molar-refractivity contribution in [3.63, 3.8) is 0 Å². The van der Waals surface area contributed by atoms with E-state index in [0.29, 0.717) is 12.1 Å². The van der Waals surface area contributed by atoms with Crippen LogP contribution in [-0.4, -0.2) is 16.7 Å². The van der Waals surface area contributed by atoms with E-state index in [9.17, 15) is 9.59 Å². The van der Waals surface area contributed by atoms with Crippen LogP contribution in [0.25, 0.3) is 0 Å². The maximum absolute atomic E-state index is 11.7.